The average Bonchev–Trinajstić information content (AvgIpc) is 2.39. The molecule has 1 nitrogen and oxygen atoms in total. The molecule has 0 bridgehead atoms. The maximum absolute atomic E-state index is 13.5. The minimum Gasteiger partial charge on any atom is -0.382 e. The number of hydrogen-bond acceptors (Lipinski definition) is 1. The van der Waals surface area contributed by atoms with Crippen LogP contribution in [0, 0.1) is 12.7 Å². The van der Waals surface area contributed by atoms with E-state index in [1.165, 1.54) is 11.6 Å². The van der Waals surface area contributed by atoms with Gasteiger partial charge in [-0.1, -0.05) is 34.1 Å². The van der Waals surface area contributed by atoms with Gasteiger partial charge < -0.3 is 5.32 Å². The molecule has 2 aromatic carbocycles. The molecule has 0 heterocycles. The molecular weight excluding hydrogens is 317 g/mol. The second-order valence-electron chi connectivity index (χ2n) is 5.47. The van der Waals surface area contributed by atoms with Crippen molar-refractivity contribution < 1.29 is 4.39 Å². The van der Waals surface area contributed by atoms with Gasteiger partial charge in [0.1, 0.15) is 5.82 Å². The SMILES string of the molecule is Cc1c(F)cccc1NC1CC(c2ccc(Br)cc2)C1. The second kappa shape index (κ2) is 5.57. The Morgan fingerprint density at radius 3 is 2.50 bits per heavy atom. The fourth-order valence-corrected chi connectivity index (χ4v) is 2.99. The van der Waals surface area contributed by atoms with Crippen molar-refractivity contribution in [3.05, 3.63) is 63.9 Å². The lowest BCUT2D eigenvalue weighted by Gasteiger charge is -2.37. The van der Waals surface area contributed by atoms with E-state index >= 15 is 0 Å². The largest absolute Gasteiger partial charge is 0.382 e. The van der Waals surface area contributed by atoms with Crippen molar-refractivity contribution in [3.63, 3.8) is 0 Å². The molecule has 0 spiro atoms. The molecule has 0 aliphatic heterocycles. The standard InChI is InChI=1S/C17H17BrFN/c1-11-16(19)3-2-4-17(11)20-15-9-13(10-15)12-5-7-14(18)8-6-12/h2-8,13,15,20H,9-10H2,1H3. The first-order valence-corrected chi connectivity index (χ1v) is 7.70. The van der Waals surface area contributed by atoms with Crippen LogP contribution >= 0.6 is 15.9 Å². The smallest absolute Gasteiger partial charge is 0.128 e. The van der Waals surface area contributed by atoms with Crippen molar-refractivity contribution in [3.8, 4) is 0 Å². The molecule has 1 aliphatic rings. The summed E-state index contributed by atoms with van der Waals surface area (Å²) < 4.78 is 14.6. The first kappa shape index (κ1) is 13.6. The highest BCUT2D eigenvalue weighted by Crippen LogP contribution is 2.39. The Balaban J connectivity index is 1.61. The zero-order chi connectivity index (χ0) is 14.1. The summed E-state index contributed by atoms with van der Waals surface area (Å²) in [6.45, 7) is 1.82. The molecule has 0 unspecified atom stereocenters. The van der Waals surface area contributed by atoms with Gasteiger partial charge in [-0.3, -0.25) is 0 Å². The quantitative estimate of drug-likeness (QED) is 0.808. The van der Waals surface area contributed by atoms with Crippen LogP contribution < -0.4 is 5.32 Å². The molecule has 1 aliphatic carbocycles. The highest BCUT2D eigenvalue weighted by atomic mass is 79.9. The van der Waals surface area contributed by atoms with Crippen molar-refractivity contribution in [1.82, 2.24) is 0 Å². The highest BCUT2D eigenvalue weighted by Gasteiger charge is 2.30. The second-order valence-corrected chi connectivity index (χ2v) is 6.39. The normalized spacial score (nSPS) is 21.4. The molecule has 0 saturated heterocycles. The molecule has 104 valence electrons. The molecular formula is C17H17BrFN. The average molecular weight is 334 g/mol. The molecule has 20 heavy (non-hydrogen) atoms. The van der Waals surface area contributed by atoms with Gasteiger partial charge in [-0.15, -0.1) is 0 Å². The Morgan fingerprint density at radius 2 is 1.80 bits per heavy atom. The Bertz CT molecular complexity index is 603. The summed E-state index contributed by atoms with van der Waals surface area (Å²) in [4.78, 5) is 0. The fraction of sp³-hybridized carbons (Fsp3) is 0.294. The third-order valence-corrected chi connectivity index (χ3v) is 4.64. The summed E-state index contributed by atoms with van der Waals surface area (Å²) >= 11 is 3.46. The number of nitrogens with one attached hydrogen (secondary N) is 1. The first-order chi connectivity index (χ1) is 9.63. The monoisotopic (exact) mass is 333 g/mol. The Kier molecular flexibility index (Phi) is 3.79. The topological polar surface area (TPSA) is 12.0 Å². The highest BCUT2D eigenvalue weighted by molar-refractivity contribution is 9.10. The molecule has 0 atom stereocenters. The van der Waals surface area contributed by atoms with Crippen molar-refractivity contribution in [2.24, 2.45) is 0 Å². The van der Waals surface area contributed by atoms with Gasteiger partial charge >= 0.3 is 0 Å². The minimum absolute atomic E-state index is 0.140. The predicted molar refractivity (Wildman–Crippen MR) is 84.7 cm³/mol. The molecule has 1 fully saturated rings. The Labute approximate surface area is 127 Å². The maximum Gasteiger partial charge on any atom is 0.128 e. The van der Waals surface area contributed by atoms with E-state index in [-0.39, 0.29) is 5.82 Å². The summed E-state index contributed by atoms with van der Waals surface area (Å²) in [6.07, 6.45) is 2.22. The zero-order valence-corrected chi connectivity index (χ0v) is 13.0. The van der Waals surface area contributed by atoms with E-state index in [1.807, 2.05) is 13.0 Å². The van der Waals surface area contributed by atoms with E-state index in [9.17, 15) is 4.39 Å². The van der Waals surface area contributed by atoms with Gasteiger partial charge in [-0.05, 0) is 55.5 Å². The van der Waals surface area contributed by atoms with Crippen molar-refractivity contribution in [1.29, 1.82) is 0 Å². The molecule has 3 rings (SSSR count). The lowest BCUT2D eigenvalue weighted by atomic mass is 9.76. The number of halogens is 2. The van der Waals surface area contributed by atoms with Crippen LogP contribution in [0.3, 0.4) is 0 Å². The predicted octanol–water partition coefficient (Wildman–Crippen LogP) is 5.25. The summed E-state index contributed by atoms with van der Waals surface area (Å²) in [6, 6.07) is 14.2. The Morgan fingerprint density at radius 1 is 1.10 bits per heavy atom. The van der Waals surface area contributed by atoms with E-state index in [4.69, 9.17) is 0 Å². The third kappa shape index (κ3) is 2.73. The molecule has 1 N–H and O–H groups in total. The Hall–Kier alpha value is -1.35. The van der Waals surface area contributed by atoms with Crippen LogP contribution in [0.5, 0.6) is 0 Å². The number of rotatable bonds is 3. The van der Waals surface area contributed by atoms with E-state index in [0.717, 1.165) is 23.0 Å². The van der Waals surface area contributed by atoms with E-state index in [2.05, 4.69) is 45.5 Å². The summed E-state index contributed by atoms with van der Waals surface area (Å²) in [7, 11) is 0. The van der Waals surface area contributed by atoms with Crippen LogP contribution in [0.15, 0.2) is 46.9 Å². The minimum atomic E-state index is -0.140. The van der Waals surface area contributed by atoms with Gasteiger partial charge in [-0.25, -0.2) is 4.39 Å². The molecule has 1 saturated carbocycles. The van der Waals surface area contributed by atoms with Crippen LogP contribution in [0.1, 0.15) is 29.9 Å². The summed E-state index contributed by atoms with van der Waals surface area (Å²) in [5.41, 5.74) is 3.02. The van der Waals surface area contributed by atoms with E-state index in [1.54, 1.807) is 6.07 Å². The van der Waals surface area contributed by atoms with Crippen molar-refractivity contribution in [2.45, 2.75) is 31.7 Å². The maximum atomic E-state index is 13.5. The van der Waals surface area contributed by atoms with Crippen molar-refractivity contribution in [2.75, 3.05) is 5.32 Å². The molecule has 0 radical (unpaired) electrons. The zero-order valence-electron chi connectivity index (χ0n) is 11.4. The van der Waals surface area contributed by atoms with Gasteiger partial charge in [0.15, 0.2) is 0 Å². The van der Waals surface area contributed by atoms with Crippen LogP contribution in [-0.4, -0.2) is 6.04 Å². The molecule has 3 heteroatoms. The van der Waals surface area contributed by atoms with E-state index < -0.39 is 0 Å². The van der Waals surface area contributed by atoms with Gasteiger partial charge in [0, 0.05) is 21.8 Å². The van der Waals surface area contributed by atoms with Gasteiger partial charge in [0.05, 0.1) is 0 Å². The van der Waals surface area contributed by atoms with Crippen LogP contribution in [-0.2, 0) is 0 Å². The lowest BCUT2D eigenvalue weighted by Crippen LogP contribution is -2.34. The number of benzene rings is 2. The summed E-state index contributed by atoms with van der Waals surface area (Å²) in [5.74, 6) is 0.480. The number of anilines is 1. The third-order valence-electron chi connectivity index (χ3n) is 4.11. The van der Waals surface area contributed by atoms with Crippen LogP contribution in [0.25, 0.3) is 0 Å². The molecule has 0 aromatic heterocycles. The van der Waals surface area contributed by atoms with Gasteiger partial charge in [0.25, 0.3) is 0 Å². The first-order valence-electron chi connectivity index (χ1n) is 6.90. The van der Waals surface area contributed by atoms with Crippen LogP contribution in [0.2, 0.25) is 0 Å². The fourth-order valence-electron chi connectivity index (χ4n) is 2.73. The molecule has 0 amide bonds. The van der Waals surface area contributed by atoms with E-state index in [0.29, 0.717) is 17.5 Å². The lowest BCUT2D eigenvalue weighted by molar-refractivity contribution is 0.374. The van der Waals surface area contributed by atoms with Gasteiger partial charge in [0.2, 0.25) is 0 Å². The van der Waals surface area contributed by atoms with Gasteiger partial charge in [-0.2, -0.15) is 0 Å². The van der Waals surface area contributed by atoms with Crippen molar-refractivity contribution >= 4 is 21.6 Å². The number of hydrogen-bond donors (Lipinski definition) is 1. The van der Waals surface area contributed by atoms with Crippen LogP contribution in [0.4, 0.5) is 10.1 Å². The summed E-state index contributed by atoms with van der Waals surface area (Å²) in [5, 5.41) is 3.45. The molecule has 2 aromatic rings.